The first kappa shape index (κ1) is 17.8. The van der Waals surface area contributed by atoms with Gasteiger partial charge in [0.15, 0.2) is 0 Å². The molecule has 8 heteroatoms. The number of fused-ring (bicyclic) bond motifs is 1. The molecular weight excluding hydrogens is 347 g/mol. The molecule has 1 aliphatic heterocycles. The van der Waals surface area contributed by atoms with Crippen molar-refractivity contribution in [3.05, 3.63) is 22.7 Å². The van der Waals surface area contributed by atoms with E-state index in [-0.39, 0.29) is 36.0 Å². The van der Waals surface area contributed by atoms with Crippen LogP contribution in [-0.2, 0) is 16.4 Å². The summed E-state index contributed by atoms with van der Waals surface area (Å²) in [6.07, 6.45) is 2.86. The molecule has 1 fully saturated rings. The van der Waals surface area contributed by atoms with E-state index in [1.165, 1.54) is 6.07 Å². The highest BCUT2D eigenvalue weighted by Crippen LogP contribution is 2.38. The molecule has 1 aromatic rings. The van der Waals surface area contributed by atoms with Gasteiger partial charge in [-0.25, -0.2) is 13.1 Å². The quantitative estimate of drug-likeness (QED) is 0.835. The first-order chi connectivity index (χ1) is 9.87. The van der Waals surface area contributed by atoms with Gasteiger partial charge in [0, 0.05) is 24.6 Å². The zero-order chi connectivity index (χ0) is 15.2. The summed E-state index contributed by atoms with van der Waals surface area (Å²) in [5.41, 5.74) is 6.76. The SMILES string of the molecule is CC1Cc2cc(S(=O)(=O)NCC(N)C3CC3)cc(Cl)c2O1.Cl. The molecule has 0 bridgehead atoms. The van der Waals surface area contributed by atoms with Crippen molar-refractivity contribution in [1.82, 2.24) is 4.72 Å². The van der Waals surface area contributed by atoms with E-state index in [2.05, 4.69) is 4.72 Å². The average molecular weight is 367 g/mol. The van der Waals surface area contributed by atoms with Gasteiger partial charge in [0.05, 0.1) is 9.92 Å². The van der Waals surface area contributed by atoms with Gasteiger partial charge in [-0.15, -0.1) is 12.4 Å². The zero-order valence-corrected chi connectivity index (χ0v) is 14.6. The topological polar surface area (TPSA) is 81.4 Å². The summed E-state index contributed by atoms with van der Waals surface area (Å²) in [6, 6.07) is 2.95. The number of rotatable bonds is 5. The van der Waals surface area contributed by atoms with Crippen molar-refractivity contribution in [2.24, 2.45) is 11.7 Å². The number of nitrogens with two attached hydrogens (primary N) is 1. The van der Waals surface area contributed by atoms with Crippen LogP contribution in [0.25, 0.3) is 0 Å². The van der Waals surface area contributed by atoms with E-state index in [1.54, 1.807) is 6.07 Å². The van der Waals surface area contributed by atoms with Crippen LogP contribution >= 0.6 is 24.0 Å². The molecule has 22 heavy (non-hydrogen) atoms. The Morgan fingerprint density at radius 3 is 2.77 bits per heavy atom. The fourth-order valence-corrected chi connectivity index (χ4v) is 4.09. The third-order valence-electron chi connectivity index (χ3n) is 3.97. The maximum atomic E-state index is 12.3. The minimum absolute atomic E-state index is 0. The maximum Gasteiger partial charge on any atom is 0.240 e. The van der Waals surface area contributed by atoms with Crippen molar-refractivity contribution in [3.8, 4) is 5.75 Å². The number of ether oxygens (including phenoxy) is 1. The van der Waals surface area contributed by atoms with Gasteiger partial charge in [-0.3, -0.25) is 0 Å². The normalized spacial score (nSPS) is 21.7. The molecule has 2 unspecified atom stereocenters. The molecular formula is C14H20Cl2N2O3S. The van der Waals surface area contributed by atoms with Crippen molar-refractivity contribution in [1.29, 1.82) is 0 Å². The minimum atomic E-state index is -3.59. The Hall–Kier alpha value is -0.530. The van der Waals surface area contributed by atoms with Gasteiger partial charge in [-0.2, -0.15) is 0 Å². The Labute approximate surface area is 142 Å². The summed E-state index contributed by atoms with van der Waals surface area (Å²) in [5, 5.41) is 0.337. The number of benzene rings is 1. The third-order valence-corrected chi connectivity index (χ3v) is 5.65. The van der Waals surface area contributed by atoms with Crippen LogP contribution in [0.2, 0.25) is 5.02 Å². The smallest absolute Gasteiger partial charge is 0.240 e. The number of hydrogen-bond acceptors (Lipinski definition) is 4. The van der Waals surface area contributed by atoms with Crippen molar-refractivity contribution in [2.45, 2.75) is 43.2 Å². The molecule has 2 atom stereocenters. The summed E-state index contributed by atoms with van der Waals surface area (Å²) in [6.45, 7) is 2.19. The van der Waals surface area contributed by atoms with Crippen LogP contribution in [-0.4, -0.2) is 27.1 Å². The fraction of sp³-hybridized carbons (Fsp3) is 0.571. The molecule has 1 saturated carbocycles. The van der Waals surface area contributed by atoms with Crippen molar-refractivity contribution < 1.29 is 13.2 Å². The molecule has 1 aliphatic carbocycles. The Kier molecular flexibility index (Phi) is 5.29. The van der Waals surface area contributed by atoms with Crippen LogP contribution in [0.15, 0.2) is 17.0 Å². The molecule has 124 valence electrons. The summed E-state index contributed by atoms with van der Waals surface area (Å²) in [7, 11) is -3.59. The monoisotopic (exact) mass is 366 g/mol. The summed E-state index contributed by atoms with van der Waals surface area (Å²) < 4.78 is 32.8. The van der Waals surface area contributed by atoms with Crippen LogP contribution < -0.4 is 15.2 Å². The Morgan fingerprint density at radius 1 is 1.45 bits per heavy atom. The molecule has 2 aliphatic rings. The van der Waals surface area contributed by atoms with Crippen LogP contribution in [0.4, 0.5) is 0 Å². The van der Waals surface area contributed by atoms with Gasteiger partial charge in [-0.1, -0.05) is 11.6 Å². The summed E-state index contributed by atoms with van der Waals surface area (Å²) in [4.78, 5) is 0.173. The largest absolute Gasteiger partial charge is 0.489 e. The summed E-state index contributed by atoms with van der Waals surface area (Å²) in [5.74, 6) is 1.04. The van der Waals surface area contributed by atoms with Crippen LogP contribution in [0, 0.1) is 5.92 Å². The molecule has 0 spiro atoms. The second-order valence-electron chi connectivity index (χ2n) is 5.88. The lowest BCUT2D eigenvalue weighted by molar-refractivity contribution is 0.255. The predicted molar refractivity (Wildman–Crippen MR) is 88.4 cm³/mol. The van der Waals surface area contributed by atoms with Gasteiger partial charge in [0.25, 0.3) is 0 Å². The van der Waals surface area contributed by atoms with E-state index in [0.717, 1.165) is 18.4 Å². The highest BCUT2D eigenvalue weighted by atomic mass is 35.5. The van der Waals surface area contributed by atoms with E-state index in [1.807, 2.05) is 6.92 Å². The second kappa shape index (κ2) is 6.53. The lowest BCUT2D eigenvalue weighted by Gasteiger charge is -2.13. The first-order valence-electron chi connectivity index (χ1n) is 7.11. The molecule has 1 heterocycles. The molecule has 5 nitrogen and oxygen atoms in total. The minimum Gasteiger partial charge on any atom is -0.489 e. The predicted octanol–water partition coefficient (Wildman–Crippen LogP) is 2.10. The fourth-order valence-electron chi connectivity index (χ4n) is 2.59. The van der Waals surface area contributed by atoms with E-state index in [4.69, 9.17) is 22.1 Å². The van der Waals surface area contributed by atoms with Crippen molar-refractivity contribution >= 4 is 34.0 Å². The Balaban J connectivity index is 0.00000176. The third kappa shape index (κ3) is 3.68. The number of hydrogen-bond donors (Lipinski definition) is 2. The maximum absolute atomic E-state index is 12.3. The van der Waals surface area contributed by atoms with Gasteiger partial charge in [-0.05, 0) is 37.8 Å². The molecule has 3 rings (SSSR count). The van der Waals surface area contributed by atoms with Gasteiger partial charge in [0.2, 0.25) is 10.0 Å². The number of sulfonamides is 1. The van der Waals surface area contributed by atoms with E-state index < -0.39 is 10.0 Å². The Morgan fingerprint density at radius 2 is 2.14 bits per heavy atom. The average Bonchev–Trinajstić information content (AvgIpc) is 3.18. The zero-order valence-electron chi connectivity index (χ0n) is 12.2. The lowest BCUT2D eigenvalue weighted by Crippen LogP contribution is -2.38. The standard InChI is InChI=1S/C14H19ClN2O3S.ClH/c1-8-4-10-5-11(6-12(15)14(10)20-8)21(18,19)17-7-13(16)9-2-3-9;/h5-6,8-9,13,17H,2-4,7,16H2,1H3;1H. The van der Waals surface area contributed by atoms with Crippen molar-refractivity contribution in [3.63, 3.8) is 0 Å². The van der Waals surface area contributed by atoms with Crippen LogP contribution in [0.5, 0.6) is 5.75 Å². The second-order valence-corrected chi connectivity index (χ2v) is 8.05. The lowest BCUT2D eigenvalue weighted by atomic mass is 10.1. The molecule has 1 aromatic carbocycles. The van der Waals surface area contributed by atoms with E-state index in [0.29, 0.717) is 23.1 Å². The van der Waals surface area contributed by atoms with Crippen LogP contribution in [0.1, 0.15) is 25.3 Å². The molecule has 0 aromatic heterocycles. The van der Waals surface area contributed by atoms with Gasteiger partial charge >= 0.3 is 0 Å². The van der Waals surface area contributed by atoms with E-state index in [9.17, 15) is 8.42 Å². The van der Waals surface area contributed by atoms with Crippen molar-refractivity contribution in [2.75, 3.05) is 6.54 Å². The van der Waals surface area contributed by atoms with Gasteiger partial charge < -0.3 is 10.5 Å². The molecule has 0 radical (unpaired) electrons. The highest BCUT2D eigenvalue weighted by Gasteiger charge is 2.30. The molecule has 3 N–H and O–H groups in total. The first-order valence-corrected chi connectivity index (χ1v) is 8.97. The van der Waals surface area contributed by atoms with E-state index >= 15 is 0 Å². The molecule has 0 amide bonds. The van der Waals surface area contributed by atoms with Gasteiger partial charge in [0.1, 0.15) is 11.9 Å². The van der Waals surface area contributed by atoms with Crippen LogP contribution in [0.3, 0.4) is 0 Å². The number of nitrogens with one attached hydrogen (secondary N) is 1. The highest BCUT2D eigenvalue weighted by molar-refractivity contribution is 7.89. The summed E-state index contributed by atoms with van der Waals surface area (Å²) >= 11 is 6.13. The molecule has 0 saturated heterocycles. The Bertz CT molecular complexity index is 662. The number of halogens is 2.